The minimum absolute atomic E-state index is 0.0575. The summed E-state index contributed by atoms with van der Waals surface area (Å²) < 4.78 is 0. The molecule has 0 radical (unpaired) electrons. The van der Waals surface area contributed by atoms with Crippen molar-refractivity contribution in [2.75, 3.05) is 26.2 Å². The molecule has 2 N–H and O–H groups in total. The molecule has 0 saturated carbocycles. The molecule has 0 spiro atoms. The molecule has 168 valence electrons. The van der Waals surface area contributed by atoms with Crippen LogP contribution in [0.1, 0.15) is 63.9 Å². The van der Waals surface area contributed by atoms with Crippen LogP contribution in [-0.4, -0.2) is 58.9 Å². The second-order valence-electron chi connectivity index (χ2n) is 9.11. The molecule has 0 unspecified atom stereocenters. The van der Waals surface area contributed by atoms with E-state index in [2.05, 4.69) is 54.6 Å². The van der Waals surface area contributed by atoms with Gasteiger partial charge >= 0.3 is 6.03 Å². The number of aromatic nitrogens is 1. The van der Waals surface area contributed by atoms with Gasteiger partial charge in [-0.15, -0.1) is 0 Å². The maximum absolute atomic E-state index is 12.8. The summed E-state index contributed by atoms with van der Waals surface area (Å²) in [6.07, 6.45) is 7.64. The zero-order valence-corrected chi connectivity index (χ0v) is 18.9. The number of amides is 3. The van der Waals surface area contributed by atoms with Crippen LogP contribution in [0.3, 0.4) is 0 Å². The van der Waals surface area contributed by atoms with E-state index in [0.29, 0.717) is 5.92 Å². The van der Waals surface area contributed by atoms with Crippen LogP contribution in [0.2, 0.25) is 0 Å². The second-order valence-corrected chi connectivity index (χ2v) is 9.11. The lowest BCUT2D eigenvalue weighted by Crippen LogP contribution is -2.52. The van der Waals surface area contributed by atoms with E-state index in [-0.39, 0.29) is 23.9 Å². The molecule has 4 rings (SSSR count). The van der Waals surface area contributed by atoms with E-state index >= 15 is 0 Å². The number of rotatable bonds is 5. The summed E-state index contributed by atoms with van der Waals surface area (Å²) in [5.41, 5.74) is 2.57. The van der Waals surface area contributed by atoms with Crippen molar-refractivity contribution in [3.05, 3.63) is 36.0 Å². The first kappa shape index (κ1) is 21.7. The summed E-state index contributed by atoms with van der Waals surface area (Å²) in [7, 11) is 0. The van der Waals surface area contributed by atoms with Crippen molar-refractivity contribution in [2.24, 2.45) is 5.92 Å². The third-order valence-corrected chi connectivity index (χ3v) is 7.31. The highest BCUT2D eigenvalue weighted by atomic mass is 16.2. The Balaban J connectivity index is 1.24. The maximum atomic E-state index is 12.8. The summed E-state index contributed by atoms with van der Waals surface area (Å²) >= 11 is 0. The summed E-state index contributed by atoms with van der Waals surface area (Å²) in [4.78, 5) is 32.7. The predicted molar refractivity (Wildman–Crippen MR) is 124 cm³/mol. The molecule has 1 aromatic carbocycles. The molecule has 3 heterocycles. The van der Waals surface area contributed by atoms with Crippen molar-refractivity contribution < 1.29 is 9.59 Å². The number of piperidine rings is 2. The van der Waals surface area contributed by atoms with Crippen LogP contribution in [0.5, 0.6) is 0 Å². The highest BCUT2D eigenvalue weighted by Crippen LogP contribution is 2.33. The Morgan fingerprint density at radius 3 is 2.32 bits per heavy atom. The Morgan fingerprint density at radius 2 is 1.65 bits per heavy atom. The minimum atomic E-state index is 0.0575. The molecule has 6 nitrogen and oxygen atoms in total. The molecule has 2 aromatic rings. The molecule has 0 bridgehead atoms. The third kappa shape index (κ3) is 4.73. The number of hydrogen-bond donors (Lipinski definition) is 2. The Kier molecular flexibility index (Phi) is 6.83. The van der Waals surface area contributed by atoms with Crippen LogP contribution in [-0.2, 0) is 4.79 Å². The van der Waals surface area contributed by atoms with Gasteiger partial charge in [0.05, 0.1) is 0 Å². The molecule has 2 fully saturated rings. The molecule has 2 aliphatic rings. The average molecular weight is 425 g/mol. The molecule has 0 atom stereocenters. The van der Waals surface area contributed by atoms with Crippen molar-refractivity contribution in [1.82, 2.24) is 20.1 Å². The minimum Gasteiger partial charge on any atom is -0.361 e. The highest BCUT2D eigenvalue weighted by molar-refractivity contribution is 5.83. The van der Waals surface area contributed by atoms with Gasteiger partial charge in [0, 0.05) is 55.2 Å². The number of fused-ring (bicyclic) bond motifs is 1. The zero-order chi connectivity index (χ0) is 21.8. The molecule has 6 heteroatoms. The number of carbonyl (C=O) groups is 2. The van der Waals surface area contributed by atoms with Crippen molar-refractivity contribution in [2.45, 2.75) is 64.3 Å². The SMILES string of the molecule is CCC(CC)C(=O)N1CCC(NC(=O)N2CCC(c3c[nH]c4ccccc34)CC2)CC1. The topological polar surface area (TPSA) is 68.4 Å². The van der Waals surface area contributed by atoms with Crippen LogP contribution in [0.25, 0.3) is 10.9 Å². The van der Waals surface area contributed by atoms with Gasteiger partial charge in [0.25, 0.3) is 0 Å². The molecule has 31 heavy (non-hydrogen) atoms. The number of hydrogen-bond acceptors (Lipinski definition) is 2. The number of aromatic amines is 1. The molecule has 3 amide bonds. The Bertz CT molecular complexity index is 888. The first-order valence-electron chi connectivity index (χ1n) is 12.0. The molecule has 2 saturated heterocycles. The van der Waals surface area contributed by atoms with Gasteiger partial charge in [0.2, 0.25) is 5.91 Å². The van der Waals surface area contributed by atoms with Gasteiger partial charge in [0.1, 0.15) is 0 Å². The highest BCUT2D eigenvalue weighted by Gasteiger charge is 2.30. The summed E-state index contributed by atoms with van der Waals surface area (Å²) in [6.45, 7) is 7.26. The number of H-pyrrole nitrogens is 1. The smallest absolute Gasteiger partial charge is 0.317 e. The van der Waals surface area contributed by atoms with Crippen molar-refractivity contribution in [1.29, 1.82) is 0 Å². The van der Waals surface area contributed by atoms with E-state index in [4.69, 9.17) is 0 Å². The standard InChI is InChI=1S/C25H36N4O2/c1-3-18(4-2)24(30)28-15-11-20(12-16-28)27-25(31)29-13-9-19(10-14-29)22-17-26-23-8-6-5-7-21(22)23/h5-8,17-20,26H,3-4,9-16H2,1-2H3,(H,27,31). The van der Waals surface area contributed by atoms with Gasteiger partial charge < -0.3 is 20.1 Å². The molecular weight excluding hydrogens is 388 g/mol. The van der Waals surface area contributed by atoms with Gasteiger partial charge in [-0.1, -0.05) is 32.0 Å². The summed E-state index contributed by atoms with van der Waals surface area (Å²) in [6, 6.07) is 8.67. The molecule has 1 aromatic heterocycles. The Labute approximate surface area is 185 Å². The Hall–Kier alpha value is -2.50. The molecule has 2 aliphatic heterocycles. The van der Waals surface area contributed by atoms with Crippen molar-refractivity contribution in [3.63, 3.8) is 0 Å². The van der Waals surface area contributed by atoms with Crippen LogP contribution in [0.4, 0.5) is 4.79 Å². The summed E-state index contributed by atoms with van der Waals surface area (Å²) in [5, 5.41) is 4.53. The lowest BCUT2D eigenvalue weighted by atomic mass is 9.89. The summed E-state index contributed by atoms with van der Waals surface area (Å²) in [5.74, 6) is 0.929. The van der Waals surface area contributed by atoms with E-state index in [1.807, 2.05) is 9.80 Å². The van der Waals surface area contributed by atoms with Gasteiger partial charge in [-0.25, -0.2) is 4.79 Å². The molecule has 0 aliphatic carbocycles. The maximum Gasteiger partial charge on any atom is 0.317 e. The predicted octanol–water partition coefficient (Wildman–Crippen LogP) is 4.48. The van der Waals surface area contributed by atoms with E-state index in [9.17, 15) is 9.59 Å². The van der Waals surface area contributed by atoms with Crippen molar-refractivity contribution in [3.8, 4) is 0 Å². The Morgan fingerprint density at radius 1 is 1.00 bits per heavy atom. The van der Waals surface area contributed by atoms with Crippen LogP contribution in [0, 0.1) is 5.92 Å². The van der Waals surface area contributed by atoms with Crippen LogP contribution < -0.4 is 5.32 Å². The van der Waals surface area contributed by atoms with Crippen molar-refractivity contribution >= 4 is 22.8 Å². The normalized spacial score (nSPS) is 18.7. The fraction of sp³-hybridized carbons (Fsp3) is 0.600. The lowest BCUT2D eigenvalue weighted by Gasteiger charge is -2.37. The molecular formula is C25H36N4O2. The van der Waals surface area contributed by atoms with Crippen LogP contribution in [0.15, 0.2) is 30.5 Å². The number of nitrogens with zero attached hydrogens (tertiary/aromatic N) is 2. The lowest BCUT2D eigenvalue weighted by molar-refractivity contribution is -0.136. The largest absolute Gasteiger partial charge is 0.361 e. The number of urea groups is 1. The third-order valence-electron chi connectivity index (χ3n) is 7.31. The quantitative estimate of drug-likeness (QED) is 0.743. The first-order valence-corrected chi connectivity index (χ1v) is 12.0. The zero-order valence-electron chi connectivity index (χ0n) is 18.9. The number of carbonyl (C=O) groups excluding carboxylic acids is 2. The van der Waals surface area contributed by atoms with Gasteiger partial charge in [-0.3, -0.25) is 4.79 Å². The van der Waals surface area contributed by atoms with E-state index in [0.717, 1.165) is 64.7 Å². The van der Waals surface area contributed by atoms with Gasteiger partial charge in [-0.2, -0.15) is 0 Å². The second kappa shape index (κ2) is 9.75. The van der Waals surface area contributed by atoms with Gasteiger partial charge in [-0.05, 0) is 56.1 Å². The van der Waals surface area contributed by atoms with E-state index < -0.39 is 0 Å². The monoisotopic (exact) mass is 424 g/mol. The number of nitrogens with one attached hydrogen (secondary N) is 2. The number of para-hydroxylation sites is 1. The number of benzene rings is 1. The van der Waals surface area contributed by atoms with E-state index in [1.165, 1.54) is 16.5 Å². The van der Waals surface area contributed by atoms with Crippen LogP contribution >= 0.6 is 0 Å². The fourth-order valence-electron chi connectivity index (χ4n) is 5.23. The average Bonchev–Trinajstić information content (AvgIpc) is 3.24. The fourth-order valence-corrected chi connectivity index (χ4v) is 5.23. The number of likely N-dealkylation sites (tertiary alicyclic amines) is 2. The first-order chi connectivity index (χ1) is 15.1. The van der Waals surface area contributed by atoms with Gasteiger partial charge in [0.15, 0.2) is 0 Å². The van der Waals surface area contributed by atoms with E-state index in [1.54, 1.807) is 0 Å².